The fraction of sp³-hybridized carbons (Fsp3) is 0.480. The first-order valence-electron chi connectivity index (χ1n) is 10.9. The standard InChI is InChI=1S/C25H33NO6S/c1-17-7-8-20(13-18(17)2)25(10-12-33(6,28)29)9-11-26(16-25)24(27)19-14-21(30-3)23(32-5)22(15-19)31-4/h7-8,13-15H,9-12,16H2,1-6H3. The average Bonchev–Trinajstić information content (AvgIpc) is 3.23. The molecule has 0 aromatic heterocycles. The molecule has 1 amide bonds. The summed E-state index contributed by atoms with van der Waals surface area (Å²) in [5.74, 6) is 1.18. The highest BCUT2D eigenvalue weighted by Crippen LogP contribution is 2.41. The number of carbonyl (C=O) groups excluding carboxylic acids is 1. The van der Waals surface area contributed by atoms with E-state index in [2.05, 4.69) is 32.0 Å². The Morgan fingerprint density at radius 2 is 1.64 bits per heavy atom. The van der Waals surface area contributed by atoms with Crippen molar-refractivity contribution in [2.24, 2.45) is 0 Å². The number of ether oxygens (including phenoxy) is 3. The molecule has 7 nitrogen and oxygen atoms in total. The maximum Gasteiger partial charge on any atom is 0.254 e. The van der Waals surface area contributed by atoms with Gasteiger partial charge in [0.05, 0.1) is 27.1 Å². The van der Waals surface area contributed by atoms with Crippen LogP contribution in [0.1, 0.15) is 39.9 Å². The summed E-state index contributed by atoms with van der Waals surface area (Å²) >= 11 is 0. The van der Waals surface area contributed by atoms with E-state index in [4.69, 9.17) is 14.2 Å². The van der Waals surface area contributed by atoms with Crippen molar-refractivity contribution in [1.29, 1.82) is 0 Å². The zero-order valence-corrected chi connectivity index (χ0v) is 21.0. The Hall–Kier alpha value is -2.74. The van der Waals surface area contributed by atoms with Crippen molar-refractivity contribution in [3.8, 4) is 17.2 Å². The Labute approximate surface area is 196 Å². The Kier molecular flexibility index (Phi) is 7.26. The van der Waals surface area contributed by atoms with Gasteiger partial charge in [-0.2, -0.15) is 0 Å². The maximum absolute atomic E-state index is 13.5. The molecule has 1 heterocycles. The van der Waals surface area contributed by atoms with E-state index in [1.807, 2.05) is 0 Å². The molecule has 1 aliphatic heterocycles. The van der Waals surface area contributed by atoms with Gasteiger partial charge in [0.15, 0.2) is 11.5 Å². The van der Waals surface area contributed by atoms with Crippen LogP contribution in [0.25, 0.3) is 0 Å². The van der Waals surface area contributed by atoms with Gasteiger partial charge in [-0.3, -0.25) is 4.79 Å². The Bertz CT molecular complexity index is 1120. The number of amides is 1. The first-order chi connectivity index (χ1) is 15.5. The number of sulfone groups is 1. The molecule has 0 radical (unpaired) electrons. The van der Waals surface area contributed by atoms with Crippen LogP contribution in [0.3, 0.4) is 0 Å². The Morgan fingerprint density at radius 3 is 2.15 bits per heavy atom. The third-order valence-corrected chi connectivity index (χ3v) is 7.57. The lowest BCUT2D eigenvalue weighted by atomic mass is 9.76. The van der Waals surface area contributed by atoms with Crippen molar-refractivity contribution >= 4 is 15.7 Å². The monoisotopic (exact) mass is 475 g/mol. The van der Waals surface area contributed by atoms with Crippen molar-refractivity contribution in [3.05, 3.63) is 52.6 Å². The highest BCUT2D eigenvalue weighted by atomic mass is 32.2. The number of hydrogen-bond acceptors (Lipinski definition) is 6. The molecule has 1 aliphatic rings. The lowest BCUT2D eigenvalue weighted by molar-refractivity contribution is 0.0782. The van der Waals surface area contributed by atoms with Crippen molar-refractivity contribution in [3.63, 3.8) is 0 Å². The number of aryl methyl sites for hydroxylation is 2. The zero-order valence-electron chi connectivity index (χ0n) is 20.2. The van der Waals surface area contributed by atoms with Crippen molar-refractivity contribution in [2.75, 3.05) is 46.4 Å². The minimum Gasteiger partial charge on any atom is -0.493 e. The summed E-state index contributed by atoms with van der Waals surface area (Å²) in [5, 5.41) is 0. The van der Waals surface area contributed by atoms with Crippen LogP contribution < -0.4 is 14.2 Å². The maximum atomic E-state index is 13.5. The van der Waals surface area contributed by atoms with Gasteiger partial charge in [0.1, 0.15) is 9.84 Å². The summed E-state index contributed by atoms with van der Waals surface area (Å²) in [4.78, 5) is 15.3. The molecule has 3 rings (SSSR count). The van der Waals surface area contributed by atoms with E-state index in [9.17, 15) is 13.2 Å². The fourth-order valence-electron chi connectivity index (χ4n) is 4.47. The second kappa shape index (κ2) is 9.63. The number of methoxy groups -OCH3 is 3. The van der Waals surface area contributed by atoms with Crippen molar-refractivity contribution < 1.29 is 27.4 Å². The molecule has 0 saturated carbocycles. The quantitative estimate of drug-likeness (QED) is 0.581. The van der Waals surface area contributed by atoms with Crippen molar-refractivity contribution in [2.45, 2.75) is 32.1 Å². The summed E-state index contributed by atoms with van der Waals surface area (Å²) in [6.07, 6.45) is 2.42. The number of hydrogen-bond donors (Lipinski definition) is 0. The van der Waals surface area contributed by atoms with E-state index in [1.165, 1.54) is 33.1 Å². The molecule has 0 N–H and O–H groups in total. The number of likely N-dealkylation sites (tertiary alicyclic amines) is 1. The predicted molar refractivity (Wildman–Crippen MR) is 129 cm³/mol. The normalized spacial score (nSPS) is 18.3. The summed E-state index contributed by atoms with van der Waals surface area (Å²) in [6.45, 7) is 5.08. The molecule has 1 fully saturated rings. The van der Waals surface area contributed by atoms with Gasteiger partial charge in [0, 0.05) is 30.3 Å². The van der Waals surface area contributed by atoms with Crippen LogP contribution in [-0.2, 0) is 15.3 Å². The lowest BCUT2D eigenvalue weighted by Crippen LogP contribution is -2.36. The number of rotatable bonds is 8. The molecule has 0 spiro atoms. The van der Waals surface area contributed by atoms with Gasteiger partial charge in [-0.15, -0.1) is 0 Å². The summed E-state index contributed by atoms with van der Waals surface area (Å²) in [7, 11) is 1.40. The lowest BCUT2D eigenvalue weighted by Gasteiger charge is -2.30. The minimum absolute atomic E-state index is 0.0755. The molecule has 1 unspecified atom stereocenters. The second-order valence-electron chi connectivity index (χ2n) is 8.85. The molecule has 1 saturated heterocycles. The van der Waals surface area contributed by atoms with E-state index in [1.54, 1.807) is 17.0 Å². The molecular formula is C25H33NO6S. The molecule has 33 heavy (non-hydrogen) atoms. The largest absolute Gasteiger partial charge is 0.493 e. The van der Waals surface area contributed by atoms with Gasteiger partial charge >= 0.3 is 0 Å². The number of nitrogens with zero attached hydrogens (tertiary/aromatic N) is 1. The Balaban J connectivity index is 1.96. The van der Waals surface area contributed by atoms with Crippen LogP contribution in [0.15, 0.2) is 30.3 Å². The first kappa shape index (κ1) is 24.9. The van der Waals surface area contributed by atoms with Crippen LogP contribution >= 0.6 is 0 Å². The molecule has 180 valence electrons. The molecule has 2 aromatic rings. The predicted octanol–water partition coefficient (Wildman–Crippen LogP) is 3.55. The average molecular weight is 476 g/mol. The van der Waals surface area contributed by atoms with Gasteiger partial charge in [0.2, 0.25) is 5.75 Å². The minimum atomic E-state index is -3.14. The fourth-order valence-corrected chi connectivity index (χ4v) is 5.23. The first-order valence-corrected chi connectivity index (χ1v) is 12.9. The molecule has 2 aromatic carbocycles. The van der Waals surface area contributed by atoms with E-state index < -0.39 is 15.3 Å². The third-order valence-electron chi connectivity index (χ3n) is 6.62. The molecule has 1 atom stereocenters. The summed E-state index contributed by atoms with van der Waals surface area (Å²) < 4.78 is 40.2. The Morgan fingerprint density at radius 1 is 1.00 bits per heavy atom. The molecule has 0 bridgehead atoms. The highest BCUT2D eigenvalue weighted by Gasteiger charge is 2.42. The third kappa shape index (κ3) is 5.27. The van der Waals surface area contributed by atoms with E-state index in [-0.39, 0.29) is 11.7 Å². The zero-order chi connectivity index (χ0) is 24.4. The number of carbonyl (C=O) groups is 1. The van der Waals surface area contributed by atoms with Crippen LogP contribution in [0, 0.1) is 13.8 Å². The van der Waals surface area contributed by atoms with Gasteiger partial charge < -0.3 is 19.1 Å². The van der Waals surface area contributed by atoms with Gasteiger partial charge in [-0.1, -0.05) is 18.2 Å². The van der Waals surface area contributed by atoms with E-state index in [0.717, 1.165) is 11.1 Å². The van der Waals surface area contributed by atoms with Crippen LogP contribution in [0.5, 0.6) is 17.2 Å². The number of benzene rings is 2. The molecule has 0 aliphatic carbocycles. The smallest absolute Gasteiger partial charge is 0.254 e. The topological polar surface area (TPSA) is 82.1 Å². The van der Waals surface area contributed by atoms with E-state index >= 15 is 0 Å². The second-order valence-corrected chi connectivity index (χ2v) is 11.1. The highest BCUT2D eigenvalue weighted by molar-refractivity contribution is 7.90. The van der Waals surface area contributed by atoms with Gasteiger partial charge in [-0.25, -0.2) is 8.42 Å². The van der Waals surface area contributed by atoms with Crippen LogP contribution in [-0.4, -0.2) is 65.7 Å². The van der Waals surface area contributed by atoms with Crippen molar-refractivity contribution in [1.82, 2.24) is 4.90 Å². The van der Waals surface area contributed by atoms with E-state index in [0.29, 0.717) is 48.7 Å². The van der Waals surface area contributed by atoms with Gasteiger partial charge in [-0.05, 0) is 55.5 Å². The van der Waals surface area contributed by atoms with Crippen LogP contribution in [0.2, 0.25) is 0 Å². The van der Waals surface area contributed by atoms with Gasteiger partial charge in [0.25, 0.3) is 5.91 Å². The molecular weight excluding hydrogens is 442 g/mol. The SMILES string of the molecule is COc1cc(C(=O)N2CCC(CCS(C)(=O)=O)(c3ccc(C)c(C)c3)C2)cc(OC)c1OC. The molecule has 8 heteroatoms. The summed E-state index contributed by atoms with van der Waals surface area (Å²) in [6, 6.07) is 9.56. The summed E-state index contributed by atoms with van der Waals surface area (Å²) in [5.41, 5.74) is 3.43. The van der Waals surface area contributed by atoms with Crippen LogP contribution in [0.4, 0.5) is 0 Å².